The summed E-state index contributed by atoms with van der Waals surface area (Å²) in [5.41, 5.74) is 2.51. The average Bonchev–Trinajstić information content (AvgIpc) is 2.55. The normalized spacial score (nSPS) is 18.1. The van der Waals surface area contributed by atoms with E-state index in [0.29, 0.717) is 0 Å². The molecule has 1 aliphatic carbocycles. The third-order valence-corrected chi connectivity index (χ3v) is 3.11. The Morgan fingerprint density at radius 2 is 1.76 bits per heavy atom. The lowest BCUT2D eigenvalue weighted by atomic mass is 10.1. The SMILES string of the molecule is CC(CC(F)(F)F)NC1Cc2ccccc2C1. The van der Waals surface area contributed by atoms with Crippen molar-refractivity contribution in [3.05, 3.63) is 35.4 Å². The van der Waals surface area contributed by atoms with Crippen LogP contribution < -0.4 is 5.32 Å². The summed E-state index contributed by atoms with van der Waals surface area (Å²) < 4.78 is 36.6. The van der Waals surface area contributed by atoms with Gasteiger partial charge in [0.15, 0.2) is 0 Å². The van der Waals surface area contributed by atoms with Gasteiger partial charge in [-0.05, 0) is 30.9 Å². The molecular weight excluding hydrogens is 227 g/mol. The van der Waals surface area contributed by atoms with Crippen LogP contribution >= 0.6 is 0 Å². The monoisotopic (exact) mass is 243 g/mol. The minimum absolute atomic E-state index is 0.143. The molecule has 0 aliphatic heterocycles. The van der Waals surface area contributed by atoms with Gasteiger partial charge in [-0.25, -0.2) is 0 Å². The van der Waals surface area contributed by atoms with Gasteiger partial charge < -0.3 is 5.32 Å². The molecule has 4 heteroatoms. The number of nitrogens with one attached hydrogen (secondary N) is 1. The Labute approximate surface area is 99.0 Å². The standard InChI is InChI=1S/C13H16F3N/c1-9(8-13(14,15)16)17-12-6-10-4-2-3-5-11(10)7-12/h2-5,9,12,17H,6-8H2,1H3. The van der Waals surface area contributed by atoms with Crippen LogP contribution in [0.5, 0.6) is 0 Å². The highest BCUT2D eigenvalue weighted by molar-refractivity contribution is 5.33. The Hall–Kier alpha value is -1.03. The van der Waals surface area contributed by atoms with Crippen LogP contribution in [-0.2, 0) is 12.8 Å². The number of hydrogen-bond donors (Lipinski definition) is 1. The minimum Gasteiger partial charge on any atom is -0.311 e. The van der Waals surface area contributed by atoms with E-state index in [1.165, 1.54) is 11.1 Å². The average molecular weight is 243 g/mol. The van der Waals surface area contributed by atoms with Gasteiger partial charge in [0.25, 0.3) is 0 Å². The Morgan fingerprint density at radius 3 is 2.24 bits per heavy atom. The lowest BCUT2D eigenvalue weighted by molar-refractivity contribution is -0.139. The fraction of sp³-hybridized carbons (Fsp3) is 0.538. The van der Waals surface area contributed by atoms with Crippen molar-refractivity contribution >= 4 is 0 Å². The van der Waals surface area contributed by atoms with Crippen molar-refractivity contribution in [3.63, 3.8) is 0 Å². The summed E-state index contributed by atoms with van der Waals surface area (Å²) in [6, 6.07) is 7.66. The van der Waals surface area contributed by atoms with Crippen molar-refractivity contribution in [2.75, 3.05) is 0 Å². The highest BCUT2D eigenvalue weighted by Gasteiger charge is 2.31. The third-order valence-electron chi connectivity index (χ3n) is 3.11. The minimum atomic E-state index is -4.09. The molecule has 0 aromatic heterocycles. The number of fused-ring (bicyclic) bond motifs is 1. The molecule has 0 radical (unpaired) electrons. The molecule has 17 heavy (non-hydrogen) atoms. The highest BCUT2D eigenvalue weighted by Crippen LogP contribution is 2.25. The van der Waals surface area contributed by atoms with Crippen LogP contribution in [0, 0.1) is 0 Å². The van der Waals surface area contributed by atoms with Gasteiger partial charge in [-0.3, -0.25) is 0 Å². The summed E-state index contributed by atoms with van der Waals surface area (Å²) in [6.07, 6.45) is -3.19. The molecule has 1 aromatic carbocycles. The molecule has 1 aliphatic rings. The quantitative estimate of drug-likeness (QED) is 0.860. The van der Waals surface area contributed by atoms with Crippen molar-refractivity contribution < 1.29 is 13.2 Å². The van der Waals surface area contributed by atoms with Crippen molar-refractivity contribution in [3.8, 4) is 0 Å². The molecule has 0 fully saturated rings. The molecule has 1 unspecified atom stereocenters. The first kappa shape index (κ1) is 12.4. The van der Waals surface area contributed by atoms with E-state index in [-0.39, 0.29) is 6.04 Å². The number of halogens is 3. The maximum Gasteiger partial charge on any atom is 0.390 e. The summed E-state index contributed by atoms with van der Waals surface area (Å²) in [5, 5.41) is 3.06. The van der Waals surface area contributed by atoms with E-state index < -0.39 is 18.6 Å². The second-order valence-electron chi connectivity index (χ2n) is 4.76. The van der Waals surface area contributed by atoms with Crippen molar-refractivity contribution in [1.29, 1.82) is 0 Å². The maximum absolute atomic E-state index is 12.2. The van der Waals surface area contributed by atoms with Gasteiger partial charge in [0, 0.05) is 12.1 Å². The van der Waals surface area contributed by atoms with Crippen LogP contribution in [0.15, 0.2) is 24.3 Å². The summed E-state index contributed by atoms with van der Waals surface area (Å²) in [4.78, 5) is 0. The highest BCUT2D eigenvalue weighted by atomic mass is 19.4. The first-order valence-corrected chi connectivity index (χ1v) is 5.83. The second-order valence-corrected chi connectivity index (χ2v) is 4.76. The Bertz CT molecular complexity index is 361. The molecule has 0 spiro atoms. The Morgan fingerprint density at radius 1 is 1.24 bits per heavy atom. The van der Waals surface area contributed by atoms with Crippen LogP contribution in [0.2, 0.25) is 0 Å². The van der Waals surface area contributed by atoms with E-state index in [9.17, 15) is 13.2 Å². The van der Waals surface area contributed by atoms with Crippen LogP contribution in [0.25, 0.3) is 0 Å². The Balaban J connectivity index is 1.87. The second kappa shape index (κ2) is 4.69. The van der Waals surface area contributed by atoms with Gasteiger partial charge in [-0.2, -0.15) is 13.2 Å². The molecule has 0 heterocycles. The van der Waals surface area contributed by atoms with Gasteiger partial charge in [0.1, 0.15) is 0 Å². The predicted molar refractivity (Wildman–Crippen MR) is 60.9 cm³/mol. The van der Waals surface area contributed by atoms with Crippen molar-refractivity contribution in [2.24, 2.45) is 0 Å². The van der Waals surface area contributed by atoms with Crippen LogP contribution in [-0.4, -0.2) is 18.3 Å². The number of alkyl halides is 3. The van der Waals surface area contributed by atoms with Crippen molar-refractivity contribution in [2.45, 2.75) is 44.4 Å². The van der Waals surface area contributed by atoms with Gasteiger partial charge in [-0.15, -0.1) is 0 Å². The molecule has 0 bridgehead atoms. The molecule has 1 aromatic rings. The molecule has 94 valence electrons. The van der Waals surface area contributed by atoms with E-state index in [2.05, 4.69) is 5.32 Å². The zero-order chi connectivity index (χ0) is 12.5. The molecule has 2 rings (SSSR count). The summed E-state index contributed by atoms with van der Waals surface area (Å²) in [6.45, 7) is 1.59. The molecule has 1 nitrogen and oxygen atoms in total. The van der Waals surface area contributed by atoms with Crippen molar-refractivity contribution in [1.82, 2.24) is 5.32 Å². The fourth-order valence-electron chi connectivity index (χ4n) is 2.49. The smallest absolute Gasteiger partial charge is 0.311 e. The lowest BCUT2D eigenvalue weighted by Gasteiger charge is -2.20. The number of hydrogen-bond acceptors (Lipinski definition) is 1. The molecule has 0 saturated heterocycles. The Kier molecular flexibility index (Phi) is 3.43. The first-order valence-electron chi connectivity index (χ1n) is 5.83. The molecule has 1 atom stereocenters. The van der Waals surface area contributed by atoms with E-state index in [0.717, 1.165) is 12.8 Å². The third kappa shape index (κ3) is 3.46. The summed E-state index contributed by atoms with van der Waals surface area (Å²) in [7, 11) is 0. The summed E-state index contributed by atoms with van der Waals surface area (Å²) >= 11 is 0. The lowest BCUT2D eigenvalue weighted by Crippen LogP contribution is -2.39. The van der Waals surface area contributed by atoms with E-state index in [4.69, 9.17) is 0 Å². The first-order chi connectivity index (χ1) is 7.94. The van der Waals surface area contributed by atoms with Crippen LogP contribution in [0.3, 0.4) is 0 Å². The number of rotatable bonds is 3. The van der Waals surface area contributed by atoms with Crippen LogP contribution in [0.1, 0.15) is 24.5 Å². The molecular formula is C13H16F3N. The van der Waals surface area contributed by atoms with Crippen LogP contribution in [0.4, 0.5) is 13.2 Å². The molecule has 1 N–H and O–H groups in total. The van der Waals surface area contributed by atoms with E-state index >= 15 is 0 Å². The maximum atomic E-state index is 12.2. The van der Waals surface area contributed by atoms with Gasteiger partial charge in [0.2, 0.25) is 0 Å². The molecule has 0 saturated carbocycles. The van der Waals surface area contributed by atoms with Gasteiger partial charge in [0.05, 0.1) is 6.42 Å². The predicted octanol–water partition coefficient (Wildman–Crippen LogP) is 3.08. The topological polar surface area (TPSA) is 12.0 Å². The molecule has 0 amide bonds. The van der Waals surface area contributed by atoms with Gasteiger partial charge >= 0.3 is 6.18 Å². The zero-order valence-electron chi connectivity index (χ0n) is 9.72. The number of benzene rings is 1. The largest absolute Gasteiger partial charge is 0.390 e. The van der Waals surface area contributed by atoms with E-state index in [1.807, 2.05) is 24.3 Å². The fourth-order valence-corrected chi connectivity index (χ4v) is 2.49. The van der Waals surface area contributed by atoms with Gasteiger partial charge in [-0.1, -0.05) is 24.3 Å². The van der Waals surface area contributed by atoms with E-state index in [1.54, 1.807) is 6.92 Å². The zero-order valence-corrected chi connectivity index (χ0v) is 9.72. The summed E-state index contributed by atoms with van der Waals surface area (Å²) in [5.74, 6) is 0.